The topological polar surface area (TPSA) is 107 Å². The third kappa shape index (κ3) is 6.56. The number of halogens is 4. The minimum atomic E-state index is -3.09. The molecule has 1 atom stereocenters. The second-order valence-corrected chi connectivity index (χ2v) is 11.3. The zero-order valence-corrected chi connectivity index (χ0v) is 21.5. The van der Waals surface area contributed by atoms with E-state index in [0.717, 1.165) is 17.7 Å². The Hall–Kier alpha value is -2.80. The van der Waals surface area contributed by atoms with Gasteiger partial charge >= 0.3 is 0 Å². The molecule has 0 aromatic carbocycles. The summed E-state index contributed by atoms with van der Waals surface area (Å²) in [4.78, 5) is 35.3. The van der Waals surface area contributed by atoms with E-state index in [9.17, 15) is 32.3 Å². The first kappa shape index (κ1) is 27.2. The van der Waals surface area contributed by atoms with Crippen molar-refractivity contribution in [2.45, 2.75) is 64.0 Å². The third-order valence-corrected chi connectivity index (χ3v) is 7.27. The van der Waals surface area contributed by atoms with E-state index in [2.05, 4.69) is 20.6 Å². The van der Waals surface area contributed by atoms with Crippen molar-refractivity contribution in [1.82, 2.24) is 20.2 Å². The highest BCUT2D eigenvalue weighted by molar-refractivity contribution is 7.17. The van der Waals surface area contributed by atoms with Crippen LogP contribution in [0.4, 0.5) is 23.4 Å². The van der Waals surface area contributed by atoms with Crippen molar-refractivity contribution in [2.75, 3.05) is 25.0 Å². The van der Waals surface area contributed by atoms with Crippen LogP contribution in [0.2, 0.25) is 0 Å². The number of hydrogen-bond acceptors (Lipinski definition) is 7. The quantitative estimate of drug-likeness (QED) is 0.407. The number of pyridine rings is 1. The Morgan fingerprint density at radius 1 is 1.32 bits per heavy atom. The molecular formula is C24H29F4N5O3S. The summed E-state index contributed by atoms with van der Waals surface area (Å²) < 4.78 is 56.3. The number of anilines is 1. The van der Waals surface area contributed by atoms with Gasteiger partial charge in [0.1, 0.15) is 11.5 Å². The van der Waals surface area contributed by atoms with Crippen LogP contribution >= 0.6 is 11.3 Å². The molecule has 202 valence electrons. The smallest absolute Gasteiger partial charge is 0.280 e. The van der Waals surface area contributed by atoms with Crippen molar-refractivity contribution in [3.63, 3.8) is 0 Å². The van der Waals surface area contributed by atoms with Crippen LogP contribution in [-0.2, 0) is 0 Å². The Kier molecular flexibility index (Phi) is 7.48. The summed E-state index contributed by atoms with van der Waals surface area (Å²) in [6.45, 7) is 4.05. The number of likely N-dealkylation sites (tertiary alicyclic amines) is 1. The molecule has 0 spiro atoms. The van der Waals surface area contributed by atoms with Gasteiger partial charge in [-0.1, -0.05) is 0 Å². The summed E-state index contributed by atoms with van der Waals surface area (Å²) in [6, 6.07) is 0.378. The highest BCUT2D eigenvalue weighted by atomic mass is 32.1. The standard InChI is InChI=1S/C24H29F4N5O3S/c1-12-7-24(27,28)11-33(12)22(35)17-18(37-21(32-17)20(34)31-10-23(2,3)36)15-9-30-16(6-14(15)19(25)26)29-8-13-4-5-13/h6,9,12-13,19,36H,4-5,7-8,10-11H2,1-3H3,(H,29,30)(H,31,34). The number of hydrogen-bond donors (Lipinski definition) is 3. The highest BCUT2D eigenvalue weighted by Crippen LogP contribution is 2.40. The van der Waals surface area contributed by atoms with Gasteiger partial charge in [-0.2, -0.15) is 0 Å². The number of aromatic nitrogens is 2. The summed E-state index contributed by atoms with van der Waals surface area (Å²) in [7, 11) is 0. The molecule has 37 heavy (non-hydrogen) atoms. The van der Waals surface area contributed by atoms with Crippen LogP contribution in [0.3, 0.4) is 0 Å². The van der Waals surface area contributed by atoms with Gasteiger partial charge in [0.25, 0.3) is 24.2 Å². The number of aliphatic hydroxyl groups is 1. The van der Waals surface area contributed by atoms with Crippen molar-refractivity contribution in [1.29, 1.82) is 0 Å². The predicted octanol–water partition coefficient (Wildman–Crippen LogP) is 4.34. The van der Waals surface area contributed by atoms with E-state index >= 15 is 0 Å². The molecule has 2 amide bonds. The summed E-state index contributed by atoms with van der Waals surface area (Å²) in [6.07, 6.45) is -0.173. The zero-order chi connectivity index (χ0) is 27.1. The van der Waals surface area contributed by atoms with E-state index in [1.807, 2.05) is 0 Å². The van der Waals surface area contributed by atoms with Gasteiger partial charge in [0.2, 0.25) is 0 Å². The fourth-order valence-corrected chi connectivity index (χ4v) is 5.05. The molecule has 1 aliphatic heterocycles. The normalized spacial score (nSPS) is 19.4. The van der Waals surface area contributed by atoms with E-state index in [1.165, 1.54) is 33.0 Å². The van der Waals surface area contributed by atoms with Gasteiger partial charge in [-0.15, -0.1) is 11.3 Å². The molecule has 1 saturated carbocycles. The monoisotopic (exact) mass is 543 g/mol. The van der Waals surface area contributed by atoms with Crippen molar-refractivity contribution in [3.8, 4) is 10.4 Å². The van der Waals surface area contributed by atoms with E-state index in [4.69, 9.17) is 0 Å². The minimum Gasteiger partial charge on any atom is -0.389 e. The maximum Gasteiger partial charge on any atom is 0.280 e. The number of thiazole rings is 1. The van der Waals surface area contributed by atoms with Gasteiger partial charge in [-0.05, 0) is 45.6 Å². The average Bonchev–Trinajstić information content (AvgIpc) is 3.46. The average molecular weight is 544 g/mol. The SMILES string of the molecule is CC1CC(F)(F)CN1C(=O)c1nc(C(=O)NCC(C)(C)O)sc1-c1cnc(NCC2CC2)cc1C(F)F. The molecule has 1 aliphatic carbocycles. The zero-order valence-electron chi connectivity index (χ0n) is 20.7. The van der Waals surface area contributed by atoms with Crippen LogP contribution in [0.25, 0.3) is 10.4 Å². The first-order valence-corrected chi connectivity index (χ1v) is 12.8. The van der Waals surface area contributed by atoms with Crippen molar-refractivity contribution < 1.29 is 32.3 Å². The molecule has 13 heteroatoms. The first-order chi connectivity index (χ1) is 17.2. The van der Waals surface area contributed by atoms with Gasteiger partial charge in [-0.3, -0.25) is 9.59 Å². The Balaban J connectivity index is 1.73. The number of alkyl halides is 4. The van der Waals surface area contributed by atoms with Crippen LogP contribution in [0.15, 0.2) is 12.3 Å². The van der Waals surface area contributed by atoms with Crippen LogP contribution in [0.1, 0.15) is 72.3 Å². The summed E-state index contributed by atoms with van der Waals surface area (Å²) in [5.74, 6) is -3.98. The van der Waals surface area contributed by atoms with Crippen LogP contribution in [0.5, 0.6) is 0 Å². The molecular weight excluding hydrogens is 514 g/mol. The van der Waals surface area contributed by atoms with E-state index in [-0.39, 0.29) is 33.5 Å². The lowest BCUT2D eigenvalue weighted by Crippen LogP contribution is -2.38. The van der Waals surface area contributed by atoms with Gasteiger partial charge in [-0.25, -0.2) is 27.5 Å². The lowest BCUT2D eigenvalue weighted by atomic mass is 10.1. The van der Waals surface area contributed by atoms with E-state index < -0.39 is 54.3 Å². The number of nitrogens with zero attached hydrogens (tertiary/aromatic N) is 3. The van der Waals surface area contributed by atoms with Crippen LogP contribution in [-0.4, -0.2) is 69.0 Å². The molecule has 3 N–H and O–H groups in total. The second-order valence-electron chi connectivity index (χ2n) is 10.3. The first-order valence-electron chi connectivity index (χ1n) is 12.0. The predicted molar refractivity (Wildman–Crippen MR) is 130 cm³/mol. The lowest BCUT2D eigenvalue weighted by Gasteiger charge is -2.20. The van der Waals surface area contributed by atoms with E-state index in [0.29, 0.717) is 23.8 Å². The van der Waals surface area contributed by atoms with E-state index in [1.54, 1.807) is 0 Å². The summed E-state index contributed by atoms with van der Waals surface area (Å²) in [5, 5.41) is 15.2. The molecule has 2 aliphatic rings. The molecule has 3 heterocycles. The number of amides is 2. The minimum absolute atomic E-state index is 0.0580. The van der Waals surface area contributed by atoms with Crippen molar-refractivity contribution >= 4 is 29.0 Å². The molecule has 2 aromatic rings. The highest BCUT2D eigenvalue weighted by Gasteiger charge is 2.46. The van der Waals surface area contributed by atoms with Crippen LogP contribution in [0, 0.1) is 5.92 Å². The van der Waals surface area contributed by atoms with Gasteiger partial charge in [0.15, 0.2) is 5.01 Å². The van der Waals surface area contributed by atoms with Gasteiger partial charge < -0.3 is 20.6 Å². The number of carbonyl (C=O) groups excluding carboxylic acids is 2. The molecule has 8 nitrogen and oxygen atoms in total. The molecule has 2 aromatic heterocycles. The largest absolute Gasteiger partial charge is 0.389 e. The Morgan fingerprint density at radius 3 is 2.59 bits per heavy atom. The number of rotatable bonds is 9. The van der Waals surface area contributed by atoms with Crippen LogP contribution < -0.4 is 10.6 Å². The molecule has 2 fully saturated rings. The molecule has 1 unspecified atom stereocenters. The molecule has 1 saturated heterocycles. The molecule has 4 rings (SSSR count). The lowest BCUT2D eigenvalue weighted by molar-refractivity contribution is 0.0118. The number of nitrogens with one attached hydrogen (secondary N) is 2. The Bertz CT molecular complexity index is 1180. The molecule has 0 bridgehead atoms. The Labute approximate surface area is 215 Å². The number of carbonyl (C=O) groups is 2. The fourth-order valence-electron chi connectivity index (χ4n) is 4.05. The summed E-state index contributed by atoms with van der Waals surface area (Å²) in [5.41, 5.74) is -2.13. The maximum absolute atomic E-state index is 14.1. The maximum atomic E-state index is 14.1. The third-order valence-electron chi connectivity index (χ3n) is 6.18. The Morgan fingerprint density at radius 2 is 2.03 bits per heavy atom. The summed E-state index contributed by atoms with van der Waals surface area (Å²) >= 11 is 0.692. The van der Waals surface area contributed by atoms with Gasteiger partial charge in [0.05, 0.1) is 17.0 Å². The van der Waals surface area contributed by atoms with Crippen molar-refractivity contribution in [3.05, 3.63) is 28.5 Å². The van der Waals surface area contributed by atoms with Crippen molar-refractivity contribution in [2.24, 2.45) is 5.92 Å². The fraction of sp³-hybridized carbons (Fsp3) is 0.583. The van der Waals surface area contributed by atoms with Gasteiger partial charge in [0, 0.05) is 42.9 Å². The molecule has 0 radical (unpaired) electrons. The second kappa shape index (κ2) is 10.2.